The van der Waals surface area contributed by atoms with E-state index in [1.807, 2.05) is 77.7 Å². The summed E-state index contributed by atoms with van der Waals surface area (Å²) >= 11 is 0. The molecule has 3 aromatic rings. The van der Waals surface area contributed by atoms with E-state index in [1.165, 1.54) is 0 Å². The average Bonchev–Trinajstić information content (AvgIpc) is 2.72. The van der Waals surface area contributed by atoms with Crippen molar-refractivity contribution in [3.05, 3.63) is 96.1 Å². The normalized spacial score (nSPS) is 11.9. The second kappa shape index (κ2) is 9.92. The summed E-state index contributed by atoms with van der Waals surface area (Å²) in [6.07, 6.45) is 0.539. The highest BCUT2D eigenvalue weighted by Crippen LogP contribution is 2.27. The maximum atomic E-state index is 13.0. The molecule has 150 valence electrons. The first-order valence-corrected chi connectivity index (χ1v) is 10.2. The number of nitrogens with zero attached hydrogens (tertiary/aromatic N) is 1. The molecule has 0 heterocycles. The Morgan fingerprint density at radius 3 is 2.10 bits per heavy atom. The van der Waals surface area contributed by atoms with Crippen LogP contribution in [0.25, 0.3) is 0 Å². The molecule has 1 amide bonds. The molecule has 29 heavy (non-hydrogen) atoms. The molecular formula is C26H29NO2. The van der Waals surface area contributed by atoms with Gasteiger partial charge in [-0.05, 0) is 48.2 Å². The van der Waals surface area contributed by atoms with Crippen LogP contribution >= 0.6 is 0 Å². The van der Waals surface area contributed by atoms with Crippen LogP contribution in [0.3, 0.4) is 0 Å². The highest BCUT2D eigenvalue weighted by Gasteiger charge is 2.22. The number of carbonyl (C=O) groups is 1. The first kappa shape index (κ1) is 20.7. The van der Waals surface area contributed by atoms with E-state index in [2.05, 4.69) is 32.9 Å². The van der Waals surface area contributed by atoms with Gasteiger partial charge in [-0.15, -0.1) is 0 Å². The third kappa shape index (κ3) is 5.95. The Bertz CT molecular complexity index is 906. The zero-order valence-electron chi connectivity index (χ0n) is 17.4. The van der Waals surface area contributed by atoms with E-state index in [0.29, 0.717) is 18.9 Å². The third-order valence-corrected chi connectivity index (χ3v) is 4.88. The molecule has 0 aliphatic carbocycles. The van der Waals surface area contributed by atoms with Gasteiger partial charge in [0.1, 0.15) is 11.5 Å². The van der Waals surface area contributed by atoms with E-state index < -0.39 is 0 Å². The molecule has 0 bridgehead atoms. The van der Waals surface area contributed by atoms with Crippen molar-refractivity contribution in [1.82, 2.24) is 4.90 Å². The lowest BCUT2D eigenvalue weighted by molar-refractivity contribution is -0.134. The number of para-hydroxylation sites is 1. The van der Waals surface area contributed by atoms with Crippen LogP contribution in [0.1, 0.15) is 44.4 Å². The van der Waals surface area contributed by atoms with Gasteiger partial charge in [-0.2, -0.15) is 0 Å². The Balaban J connectivity index is 1.81. The molecule has 3 nitrogen and oxygen atoms in total. The summed E-state index contributed by atoms with van der Waals surface area (Å²) in [5.74, 6) is 2.07. The van der Waals surface area contributed by atoms with E-state index in [1.54, 1.807) is 0 Å². The fraction of sp³-hybridized carbons (Fsp3) is 0.269. The molecule has 0 radical (unpaired) electrons. The van der Waals surface area contributed by atoms with Crippen LogP contribution in [0.4, 0.5) is 0 Å². The van der Waals surface area contributed by atoms with Crippen molar-refractivity contribution in [2.45, 2.75) is 39.8 Å². The van der Waals surface area contributed by atoms with E-state index in [4.69, 9.17) is 4.74 Å². The fourth-order valence-corrected chi connectivity index (χ4v) is 3.35. The summed E-state index contributed by atoms with van der Waals surface area (Å²) < 4.78 is 5.97. The molecule has 0 fully saturated rings. The van der Waals surface area contributed by atoms with Gasteiger partial charge >= 0.3 is 0 Å². The Labute approximate surface area is 174 Å². The molecule has 0 aliphatic heterocycles. The standard InChI is InChI=1S/C26H29NO2/c1-20(2)17-26(28)27(21(3)23-12-6-4-7-13-23)19-22-11-10-16-25(18-22)29-24-14-8-5-9-15-24/h4-16,18,20-21H,17,19H2,1-3H3. The molecule has 1 atom stereocenters. The molecule has 0 aromatic heterocycles. The van der Waals surface area contributed by atoms with Crippen LogP contribution < -0.4 is 4.74 Å². The summed E-state index contributed by atoms with van der Waals surface area (Å²) in [6.45, 7) is 6.81. The number of hydrogen-bond acceptors (Lipinski definition) is 2. The van der Waals surface area contributed by atoms with Gasteiger partial charge in [0.05, 0.1) is 6.04 Å². The minimum Gasteiger partial charge on any atom is -0.457 e. The van der Waals surface area contributed by atoms with E-state index in [-0.39, 0.29) is 11.9 Å². The minimum atomic E-state index is 0.00106. The Kier molecular flexibility index (Phi) is 7.07. The second-order valence-corrected chi connectivity index (χ2v) is 7.77. The number of ether oxygens (including phenoxy) is 1. The van der Waals surface area contributed by atoms with Crippen molar-refractivity contribution in [2.24, 2.45) is 5.92 Å². The van der Waals surface area contributed by atoms with Crippen LogP contribution in [-0.2, 0) is 11.3 Å². The number of hydrogen-bond donors (Lipinski definition) is 0. The van der Waals surface area contributed by atoms with Crippen LogP contribution in [-0.4, -0.2) is 10.8 Å². The average molecular weight is 388 g/mol. The number of amides is 1. The Hall–Kier alpha value is -3.07. The smallest absolute Gasteiger partial charge is 0.223 e. The van der Waals surface area contributed by atoms with E-state index in [0.717, 1.165) is 22.6 Å². The van der Waals surface area contributed by atoms with Crippen LogP contribution in [0.15, 0.2) is 84.9 Å². The van der Waals surface area contributed by atoms with Crippen molar-refractivity contribution >= 4 is 5.91 Å². The summed E-state index contributed by atoms with van der Waals surface area (Å²) in [6, 6.07) is 27.9. The van der Waals surface area contributed by atoms with Gasteiger partial charge in [0.2, 0.25) is 5.91 Å². The Morgan fingerprint density at radius 2 is 1.45 bits per heavy atom. The zero-order valence-corrected chi connectivity index (χ0v) is 17.4. The number of rotatable bonds is 8. The highest BCUT2D eigenvalue weighted by molar-refractivity contribution is 5.77. The summed E-state index contributed by atoms with van der Waals surface area (Å²) in [7, 11) is 0. The zero-order chi connectivity index (χ0) is 20.6. The summed E-state index contributed by atoms with van der Waals surface area (Å²) in [4.78, 5) is 15.0. The molecule has 0 spiro atoms. The molecule has 3 aromatic carbocycles. The SMILES string of the molecule is CC(C)CC(=O)N(Cc1cccc(Oc2ccccc2)c1)C(C)c1ccccc1. The maximum Gasteiger partial charge on any atom is 0.223 e. The van der Waals surface area contributed by atoms with Gasteiger partial charge in [0.15, 0.2) is 0 Å². The van der Waals surface area contributed by atoms with Crippen molar-refractivity contribution in [2.75, 3.05) is 0 Å². The molecule has 0 saturated carbocycles. The largest absolute Gasteiger partial charge is 0.457 e. The summed E-state index contributed by atoms with van der Waals surface area (Å²) in [5.41, 5.74) is 2.19. The fourth-order valence-electron chi connectivity index (χ4n) is 3.35. The lowest BCUT2D eigenvalue weighted by Crippen LogP contribution is -2.33. The second-order valence-electron chi connectivity index (χ2n) is 7.77. The molecule has 3 rings (SSSR count). The van der Waals surface area contributed by atoms with Crippen molar-refractivity contribution in [1.29, 1.82) is 0 Å². The predicted octanol–water partition coefficient (Wildman–Crippen LogP) is 6.61. The minimum absolute atomic E-state index is 0.00106. The van der Waals surface area contributed by atoms with Gasteiger partial charge in [0, 0.05) is 13.0 Å². The summed E-state index contributed by atoms with van der Waals surface area (Å²) in [5, 5.41) is 0. The molecule has 3 heteroatoms. The monoisotopic (exact) mass is 387 g/mol. The van der Waals surface area contributed by atoms with E-state index >= 15 is 0 Å². The quantitative estimate of drug-likeness (QED) is 0.435. The van der Waals surface area contributed by atoms with Gasteiger partial charge in [-0.3, -0.25) is 4.79 Å². The van der Waals surface area contributed by atoms with Gasteiger partial charge in [0.25, 0.3) is 0 Å². The lowest BCUT2D eigenvalue weighted by atomic mass is 10.0. The number of carbonyl (C=O) groups excluding carboxylic acids is 1. The molecule has 0 N–H and O–H groups in total. The van der Waals surface area contributed by atoms with Crippen molar-refractivity contribution in [3.8, 4) is 11.5 Å². The molecular weight excluding hydrogens is 358 g/mol. The Morgan fingerprint density at radius 1 is 0.828 bits per heavy atom. The van der Waals surface area contributed by atoms with E-state index in [9.17, 15) is 4.79 Å². The van der Waals surface area contributed by atoms with Gasteiger partial charge in [-0.1, -0.05) is 74.5 Å². The van der Waals surface area contributed by atoms with Crippen molar-refractivity contribution < 1.29 is 9.53 Å². The van der Waals surface area contributed by atoms with Crippen LogP contribution in [0, 0.1) is 5.92 Å². The van der Waals surface area contributed by atoms with Crippen LogP contribution in [0.2, 0.25) is 0 Å². The van der Waals surface area contributed by atoms with Crippen molar-refractivity contribution in [3.63, 3.8) is 0 Å². The molecule has 1 unspecified atom stereocenters. The first-order valence-electron chi connectivity index (χ1n) is 10.2. The predicted molar refractivity (Wildman–Crippen MR) is 118 cm³/mol. The van der Waals surface area contributed by atoms with Crippen LogP contribution in [0.5, 0.6) is 11.5 Å². The highest BCUT2D eigenvalue weighted by atomic mass is 16.5. The molecule has 0 saturated heterocycles. The third-order valence-electron chi connectivity index (χ3n) is 4.88. The lowest BCUT2D eigenvalue weighted by Gasteiger charge is -2.30. The first-order chi connectivity index (χ1) is 14.0. The maximum absolute atomic E-state index is 13.0. The molecule has 0 aliphatic rings. The van der Waals surface area contributed by atoms with Gasteiger partial charge in [-0.25, -0.2) is 0 Å². The van der Waals surface area contributed by atoms with Gasteiger partial charge < -0.3 is 9.64 Å². The number of benzene rings is 3. The topological polar surface area (TPSA) is 29.5 Å².